The van der Waals surface area contributed by atoms with E-state index < -0.39 is 0 Å². The molecule has 0 atom stereocenters. The standard InChI is InChI=1S/C18H19NOS/c1-2-9-15(14-21-17-12-7-4-8-13-17)18(20)19-16-10-5-3-6-11-16/h3-8,10-14H,2,9H2,1H3,(H,19,20). The zero-order chi connectivity index (χ0) is 14.9. The van der Waals surface area contributed by atoms with Crippen LogP contribution in [0.1, 0.15) is 19.8 Å². The minimum absolute atomic E-state index is 0.0218. The van der Waals surface area contributed by atoms with Crippen LogP contribution in [0.5, 0.6) is 0 Å². The van der Waals surface area contributed by atoms with Crippen molar-refractivity contribution in [3.63, 3.8) is 0 Å². The molecule has 0 bridgehead atoms. The van der Waals surface area contributed by atoms with E-state index in [-0.39, 0.29) is 5.91 Å². The maximum absolute atomic E-state index is 12.3. The van der Waals surface area contributed by atoms with Crippen molar-refractivity contribution < 1.29 is 4.79 Å². The van der Waals surface area contributed by atoms with Crippen LogP contribution < -0.4 is 5.32 Å². The second kappa shape index (κ2) is 8.32. The number of hydrogen-bond acceptors (Lipinski definition) is 2. The number of thioether (sulfide) groups is 1. The van der Waals surface area contributed by atoms with Crippen molar-refractivity contribution in [1.82, 2.24) is 0 Å². The molecular weight excluding hydrogens is 278 g/mol. The number of amides is 1. The number of nitrogens with one attached hydrogen (secondary N) is 1. The van der Waals surface area contributed by atoms with Gasteiger partial charge in [0.05, 0.1) is 0 Å². The summed E-state index contributed by atoms with van der Waals surface area (Å²) in [4.78, 5) is 13.5. The van der Waals surface area contributed by atoms with Crippen LogP contribution in [0.4, 0.5) is 5.69 Å². The molecule has 2 aromatic carbocycles. The third kappa shape index (κ3) is 5.12. The average Bonchev–Trinajstić information content (AvgIpc) is 2.53. The number of carbonyl (C=O) groups excluding carboxylic acids is 1. The molecule has 0 aliphatic carbocycles. The average molecular weight is 297 g/mol. The smallest absolute Gasteiger partial charge is 0.252 e. The first-order valence-electron chi connectivity index (χ1n) is 7.06. The van der Waals surface area contributed by atoms with E-state index in [4.69, 9.17) is 0 Å². The van der Waals surface area contributed by atoms with Crippen molar-refractivity contribution >= 4 is 23.4 Å². The van der Waals surface area contributed by atoms with Crippen LogP contribution in [0, 0.1) is 0 Å². The van der Waals surface area contributed by atoms with Crippen LogP contribution in [0.25, 0.3) is 0 Å². The fraction of sp³-hybridized carbons (Fsp3) is 0.167. The van der Waals surface area contributed by atoms with E-state index in [1.165, 1.54) is 0 Å². The Morgan fingerprint density at radius 2 is 1.67 bits per heavy atom. The number of anilines is 1. The first kappa shape index (κ1) is 15.4. The van der Waals surface area contributed by atoms with Crippen molar-refractivity contribution in [2.24, 2.45) is 0 Å². The molecule has 0 saturated carbocycles. The van der Waals surface area contributed by atoms with Gasteiger partial charge in [0.2, 0.25) is 0 Å². The van der Waals surface area contributed by atoms with Gasteiger partial charge in [-0.3, -0.25) is 4.79 Å². The molecule has 0 aliphatic rings. The van der Waals surface area contributed by atoms with Crippen molar-refractivity contribution in [2.75, 3.05) is 5.32 Å². The zero-order valence-corrected chi connectivity index (χ0v) is 12.9. The first-order valence-corrected chi connectivity index (χ1v) is 7.94. The lowest BCUT2D eigenvalue weighted by Crippen LogP contribution is -2.14. The lowest BCUT2D eigenvalue weighted by molar-refractivity contribution is -0.113. The Bertz CT molecular complexity index is 593. The molecule has 0 fully saturated rings. The molecule has 1 amide bonds. The van der Waals surface area contributed by atoms with E-state index in [2.05, 4.69) is 12.2 Å². The van der Waals surface area contributed by atoms with Gasteiger partial charge in [0.1, 0.15) is 0 Å². The van der Waals surface area contributed by atoms with E-state index in [1.54, 1.807) is 11.8 Å². The Hall–Kier alpha value is -2.00. The summed E-state index contributed by atoms with van der Waals surface area (Å²) < 4.78 is 0. The Labute approximate surface area is 130 Å². The van der Waals surface area contributed by atoms with Gasteiger partial charge in [-0.15, -0.1) is 0 Å². The maximum atomic E-state index is 12.3. The predicted molar refractivity (Wildman–Crippen MR) is 90.4 cm³/mol. The summed E-state index contributed by atoms with van der Waals surface area (Å²) in [5, 5.41) is 4.90. The third-order valence-corrected chi connectivity index (χ3v) is 3.87. The van der Waals surface area contributed by atoms with Crippen molar-refractivity contribution in [2.45, 2.75) is 24.7 Å². The number of benzene rings is 2. The SMILES string of the molecule is CCCC(=CSc1ccccc1)C(=O)Nc1ccccc1. The van der Waals surface area contributed by atoms with E-state index in [0.717, 1.165) is 29.0 Å². The predicted octanol–water partition coefficient (Wildman–Crippen LogP) is 5.10. The summed E-state index contributed by atoms with van der Waals surface area (Å²) in [6.07, 6.45) is 1.72. The van der Waals surface area contributed by atoms with E-state index in [9.17, 15) is 4.79 Å². The fourth-order valence-corrected chi connectivity index (χ4v) is 2.68. The Morgan fingerprint density at radius 1 is 1.05 bits per heavy atom. The summed E-state index contributed by atoms with van der Waals surface area (Å²) in [7, 11) is 0. The van der Waals surface area contributed by atoms with Crippen molar-refractivity contribution in [1.29, 1.82) is 0 Å². The van der Waals surface area contributed by atoms with Gasteiger partial charge < -0.3 is 5.32 Å². The highest BCUT2D eigenvalue weighted by Crippen LogP contribution is 2.22. The molecule has 1 N–H and O–H groups in total. The minimum atomic E-state index is -0.0218. The second-order valence-electron chi connectivity index (χ2n) is 4.64. The van der Waals surface area contributed by atoms with E-state index >= 15 is 0 Å². The van der Waals surface area contributed by atoms with E-state index in [0.29, 0.717) is 0 Å². The summed E-state index contributed by atoms with van der Waals surface area (Å²) in [5.41, 5.74) is 1.64. The largest absolute Gasteiger partial charge is 0.322 e. The van der Waals surface area contributed by atoms with Crippen LogP contribution >= 0.6 is 11.8 Å². The zero-order valence-electron chi connectivity index (χ0n) is 12.1. The number of para-hydroxylation sites is 1. The monoisotopic (exact) mass is 297 g/mol. The van der Waals surface area contributed by atoms with Gasteiger partial charge in [-0.05, 0) is 36.1 Å². The van der Waals surface area contributed by atoms with Crippen LogP contribution in [0.3, 0.4) is 0 Å². The van der Waals surface area contributed by atoms with Crippen LogP contribution in [0.2, 0.25) is 0 Å². The molecule has 2 aromatic rings. The van der Waals surface area contributed by atoms with Crippen LogP contribution in [-0.2, 0) is 4.79 Å². The molecule has 0 radical (unpaired) electrons. The first-order chi connectivity index (χ1) is 10.3. The van der Waals surface area contributed by atoms with Gasteiger partial charge in [-0.2, -0.15) is 0 Å². The molecule has 0 spiro atoms. The Balaban J connectivity index is 2.05. The van der Waals surface area contributed by atoms with Crippen LogP contribution in [0.15, 0.2) is 76.5 Å². The molecule has 21 heavy (non-hydrogen) atoms. The molecule has 0 saturated heterocycles. The normalized spacial score (nSPS) is 11.2. The lowest BCUT2D eigenvalue weighted by atomic mass is 10.1. The molecule has 2 nitrogen and oxygen atoms in total. The molecule has 0 aliphatic heterocycles. The molecule has 0 heterocycles. The van der Waals surface area contributed by atoms with Crippen molar-refractivity contribution in [3.05, 3.63) is 71.6 Å². The molecule has 0 aromatic heterocycles. The van der Waals surface area contributed by atoms with Crippen LogP contribution in [-0.4, -0.2) is 5.91 Å². The minimum Gasteiger partial charge on any atom is -0.322 e. The topological polar surface area (TPSA) is 29.1 Å². The maximum Gasteiger partial charge on any atom is 0.252 e. The number of rotatable bonds is 6. The highest BCUT2D eigenvalue weighted by Gasteiger charge is 2.09. The van der Waals surface area contributed by atoms with Gasteiger partial charge >= 0.3 is 0 Å². The fourth-order valence-electron chi connectivity index (χ4n) is 1.87. The van der Waals surface area contributed by atoms with Gasteiger partial charge in [0.15, 0.2) is 0 Å². The highest BCUT2D eigenvalue weighted by atomic mass is 32.2. The van der Waals surface area contributed by atoms with Gasteiger partial charge in [0, 0.05) is 16.2 Å². The van der Waals surface area contributed by atoms with Gasteiger partial charge in [-0.25, -0.2) is 0 Å². The van der Waals surface area contributed by atoms with E-state index in [1.807, 2.05) is 66.1 Å². The lowest BCUT2D eigenvalue weighted by Gasteiger charge is -2.08. The molecule has 108 valence electrons. The quantitative estimate of drug-likeness (QED) is 0.593. The summed E-state index contributed by atoms with van der Waals surface area (Å²) >= 11 is 1.58. The summed E-state index contributed by atoms with van der Waals surface area (Å²) in [6.45, 7) is 2.08. The summed E-state index contributed by atoms with van der Waals surface area (Å²) in [5.74, 6) is -0.0218. The summed E-state index contributed by atoms with van der Waals surface area (Å²) in [6, 6.07) is 19.6. The van der Waals surface area contributed by atoms with Gasteiger partial charge in [-0.1, -0.05) is 61.5 Å². The Kier molecular flexibility index (Phi) is 6.10. The van der Waals surface area contributed by atoms with Gasteiger partial charge in [0.25, 0.3) is 5.91 Å². The molecule has 0 unspecified atom stereocenters. The highest BCUT2D eigenvalue weighted by molar-refractivity contribution is 8.02. The second-order valence-corrected chi connectivity index (χ2v) is 5.59. The molecule has 3 heteroatoms. The number of carbonyl (C=O) groups is 1. The molecule has 2 rings (SSSR count). The Morgan fingerprint density at radius 3 is 2.29 bits per heavy atom. The third-order valence-electron chi connectivity index (χ3n) is 2.92. The van der Waals surface area contributed by atoms with Crippen molar-refractivity contribution in [3.8, 4) is 0 Å². The molecular formula is C18H19NOS. The number of hydrogen-bond donors (Lipinski definition) is 1.